The molecule has 4 rings (SSSR count). The predicted molar refractivity (Wildman–Crippen MR) is 83.2 cm³/mol. The summed E-state index contributed by atoms with van der Waals surface area (Å²) < 4.78 is 0. The lowest BCUT2D eigenvalue weighted by Crippen LogP contribution is -2.40. The minimum atomic E-state index is -0.749. The lowest BCUT2D eigenvalue weighted by Gasteiger charge is -2.26. The number of piperidine rings is 1. The van der Waals surface area contributed by atoms with Gasteiger partial charge in [0, 0.05) is 12.5 Å². The van der Waals surface area contributed by atoms with Crippen molar-refractivity contribution in [1.29, 1.82) is 0 Å². The van der Waals surface area contributed by atoms with Gasteiger partial charge in [0.2, 0.25) is 11.8 Å². The molecule has 0 radical (unpaired) electrons. The van der Waals surface area contributed by atoms with Crippen LogP contribution in [0.25, 0.3) is 0 Å². The number of rotatable bonds is 2. The Kier molecular flexibility index (Phi) is 2.45. The third-order valence-electron chi connectivity index (χ3n) is 5.57. The minimum Gasteiger partial charge on any atom is -0.285 e. The van der Waals surface area contributed by atoms with Gasteiger partial charge >= 0.3 is 0 Å². The molecule has 0 aromatic heterocycles. The van der Waals surface area contributed by atoms with Crippen LogP contribution in [0.3, 0.4) is 0 Å². The zero-order chi connectivity index (χ0) is 15.5. The van der Waals surface area contributed by atoms with Gasteiger partial charge in [-0.15, -0.1) is 0 Å². The van der Waals surface area contributed by atoms with Crippen LogP contribution in [0.5, 0.6) is 0 Å². The zero-order valence-electron chi connectivity index (χ0n) is 12.6. The monoisotopic (exact) mass is 291 g/mol. The molecule has 1 heterocycles. The summed E-state index contributed by atoms with van der Waals surface area (Å²) in [6, 6.07) is 19.6. The highest BCUT2D eigenvalue weighted by Gasteiger charge is 2.86. The first kappa shape index (κ1) is 13.3. The molecule has 0 bridgehead atoms. The van der Waals surface area contributed by atoms with Crippen LogP contribution in [0.1, 0.15) is 18.1 Å². The first-order chi connectivity index (χ1) is 10.6. The molecule has 3 heteroatoms. The molecule has 1 saturated carbocycles. The Balaban J connectivity index is 1.96. The van der Waals surface area contributed by atoms with Gasteiger partial charge in [0.05, 0.1) is 11.3 Å². The van der Waals surface area contributed by atoms with Crippen molar-refractivity contribution in [3.63, 3.8) is 0 Å². The molecule has 2 aliphatic rings. The number of imide groups is 1. The standard InChI is InChI=1S/C19H17NO2/c1-18(13-9-5-3-6-10-13)15-16(21)20(2)17(22)19(15,18)14-11-7-4-8-12-14/h3-12,15H,1-2H3/t15?,18-,19+/m0/s1. The quantitative estimate of drug-likeness (QED) is 0.797. The third-order valence-corrected chi connectivity index (χ3v) is 5.57. The Hall–Kier alpha value is -2.42. The average Bonchev–Trinajstić information content (AvgIpc) is 3.09. The molecular weight excluding hydrogens is 274 g/mol. The highest BCUT2D eigenvalue weighted by molar-refractivity contribution is 6.18. The Morgan fingerprint density at radius 3 is 1.91 bits per heavy atom. The largest absolute Gasteiger partial charge is 0.285 e. The number of benzene rings is 2. The number of hydrogen-bond donors (Lipinski definition) is 0. The number of fused-ring (bicyclic) bond motifs is 1. The van der Waals surface area contributed by atoms with Gasteiger partial charge in [0.15, 0.2) is 0 Å². The van der Waals surface area contributed by atoms with Gasteiger partial charge in [-0.1, -0.05) is 67.6 Å². The molecule has 0 N–H and O–H groups in total. The van der Waals surface area contributed by atoms with Crippen LogP contribution in [-0.4, -0.2) is 23.8 Å². The van der Waals surface area contributed by atoms with Crippen molar-refractivity contribution in [3.05, 3.63) is 71.8 Å². The van der Waals surface area contributed by atoms with Gasteiger partial charge in [-0.05, 0) is 11.1 Å². The van der Waals surface area contributed by atoms with E-state index in [9.17, 15) is 9.59 Å². The summed E-state index contributed by atoms with van der Waals surface area (Å²) in [5.41, 5.74) is 0.783. The molecule has 2 amide bonds. The minimum absolute atomic E-state index is 0.0693. The smallest absolute Gasteiger partial charge is 0.241 e. The van der Waals surface area contributed by atoms with Crippen molar-refractivity contribution in [1.82, 2.24) is 4.90 Å². The molecule has 1 unspecified atom stereocenters. The Morgan fingerprint density at radius 2 is 1.36 bits per heavy atom. The molecule has 1 saturated heterocycles. The fraction of sp³-hybridized carbons (Fsp3) is 0.263. The van der Waals surface area contributed by atoms with Crippen LogP contribution in [0.4, 0.5) is 0 Å². The molecule has 2 aromatic carbocycles. The lowest BCUT2D eigenvalue weighted by atomic mass is 9.82. The lowest BCUT2D eigenvalue weighted by molar-refractivity contribution is -0.141. The van der Waals surface area contributed by atoms with Crippen molar-refractivity contribution in [2.75, 3.05) is 7.05 Å². The maximum atomic E-state index is 13.0. The van der Waals surface area contributed by atoms with Crippen molar-refractivity contribution < 1.29 is 9.59 Å². The molecule has 110 valence electrons. The average molecular weight is 291 g/mol. The summed E-state index contributed by atoms with van der Waals surface area (Å²) in [6.07, 6.45) is 0. The van der Waals surface area contributed by atoms with E-state index in [1.165, 1.54) is 4.90 Å². The second kappa shape index (κ2) is 4.07. The molecule has 1 aliphatic heterocycles. The Morgan fingerprint density at radius 1 is 0.864 bits per heavy atom. The van der Waals surface area contributed by atoms with Crippen molar-refractivity contribution >= 4 is 11.8 Å². The van der Waals surface area contributed by atoms with Crippen LogP contribution in [-0.2, 0) is 20.4 Å². The van der Waals surface area contributed by atoms with Crippen LogP contribution < -0.4 is 0 Å². The fourth-order valence-electron chi connectivity index (χ4n) is 4.42. The summed E-state index contributed by atoms with van der Waals surface area (Å²) in [5, 5.41) is 0. The highest BCUT2D eigenvalue weighted by Crippen LogP contribution is 2.73. The number of carbonyl (C=O) groups is 2. The first-order valence-electron chi connectivity index (χ1n) is 7.49. The van der Waals surface area contributed by atoms with E-state index in [4.69, 9.17) is 0 Å². The molecule has 22 heavy (non-hydrogen) atoms. The maximum Gasteiger partial charge on any atom is 0.241 e. The van der Waals surface area contributed by atoms with E-state index in [2.05, 4.69) is 0 Å². The van der Waals surface area contributed by atoms with Gasteiger partial charge in [0.1, 0.15) is 0 Å². The summed E-state index contributed by atoms with van der Waals surface area (Å²) in [5.74, 6) is -0.456. The van der Waals surface area contributed by atoms with E-state index in [1.54, 1.807) is 7.05 Å². The van der Waals surface area contributed by atoms with E-state index in [-0.39, 0.29) is 17.7 Å². The van der Waals surface area contributed by atoms with E-state index in [0.29, 0.717) is 0 Å². The van der Waals surface area contributed by atoms with Crippen molar-refractivity contribution in [3.8, 4) is 0 Å². The van der Waals surface area contributed by atoms with Crippen LogP contribution in [0, 0.1) is 5.92 Å². The van der Waals surface area contributed by atoms with Crippen molar-refractivity contribution in [2.24, 2.45) is 5.92 Å². The topological polar surface area (TPSA) is 37.4 Å². The number of carbonyl (C=O) groups excluding carboxylic acids is 2. The number of likely N-dealkylation sites (tertiary alicyclic amines) is 1. The summed E-state index contributed by atoms with van der Waals surface area (Å²) in [7, 11) is 1.59. The van der Waals surface area contributed by atoms with Gasteiger partial charge in [0.25, 0.3) is 0 Å². The second-order valence-corrected chi connectivity index (χ2v) is 6.38. The van der Waals surface area contributed by atoms with Gasteiger partial charge in [-0.2, -0.15) is 0 Å². The second-order valence-electron chi connectivity index (χ2n) is 6.38. The molecule has 0 spiro atoms. The summed E-state index contributed by atoms with van der Waals surface area (Å²) in [4.78, 5) is 26.9. The number of likely N-dealkylation sites (N-methyl/N-ethyl adjacent to an activating group) is 1. The van der Waals surface area contributed by atoms with Crippen LogP contribution >= 0.6 is 0 Å². The third kappa shape index (κ3) is 1.23. The normalized spacial score (nSPS) is 33.0. The number of amides is 2. The van der Waals surface area contributed by atoms with E-state index >= 15 is 0 Å². The molecule has 1 aliphatic carbocycles. The van der Waals surface area contributed by atoms with Crippen molar-refractivity contribution in [2.45, 2.75) is 17.8 Å². The van der Waals surface area contributed by atoms with Gasteiger partial charge in [-0.3, -0.25) is 14.5 Å². The SMILES string of the molecule is CN1C(=O)C2[C@](C)(c3ccccc3)[C@@]2(c2ccccc2)C1=O. The maximum absolute atomic E-state index is 13.0. The highest BCUT2D eigenvalue weighted by atomic mass is 16.2. The Bertz CT molecular complexity index is 771. The number of nitrogens with zero attached hydrogens (tertiary/aromatic N) is 1. The zero-order valence-corrected chi connectivity index (χ0v) is 12.6. The predicted octanol–water partition coefficient (Wildman–Crippen LogP) is 2.51. The summed E-state index contributed by atoms with van der Waals surface area (Å²) >= 11 is 0. The number of hydrogen-bond acceptors (Lipinski definition) is 2. The summed E-state index contributed by atoms with van der Waals surface area (Å²) in [6.45, 7) is 2.04. The molecular formula is C19H17NO2. The molecule has 3 nitrogen and oxygen atoms in total. The molecule has 2 fully saturated rings. The van der Waals surface area contributed by atoms with Crippen LogP contribution in [0.2, 0.25) is 0 Å². The Labute approximate surface area is 129 Å². The first-order valence-corrected chi connectivity index (χ1v) is 7.49. The van der Waals surface area contributed by atoms with Crippen LogP contribution in [0.15, 0.2) is 60.7 Å². The molecule has 3 atom stereocenters. The van der Waals surface area contributed by atoms with Gasteiger partial charge in [-0.25, -0.2) is 0 Å². The molecule has 2 aromatic rings. The van der Waals surface area contributed by atoms with Gasteiger partial charge < -0.3 is 0 Å². The fourth-order valence-corrected chi connectivity index (χ4v) is 4.42. The van der Waals surface area contributed by atoms with E-state index in [1.807, 2.05) is 67.6 Å². The van der Waals surface area contributed by atoms with E-state index < -0.39 is 10.8 Å². The van der Waals surface area contributed by atoms with E-state index in [0.717, 1.165) is 11.1 Å².